The lowest BCUT2D eigenvalue weighted by Gasteiger charge is -2.38. The number of aliphatic imine (C=N–C) groups is 1. The van der Waals surface area contributed by atoms with E-state index in [4.69, 9.17) is 18.9 Å². The second-order valence-corrected chi connectivity index (χ2v) is 7.29. The molecule has 31 heavy (non-hydrogen) atoms. The standard InChI is InChI=1S/C23H30FN3O4/c1-15-13-27(14-20(31-15)16-6-9-18(24)10-7-16)23(25-2)26-12-17-8-11-19(28-3)22(30-5)21(17)29-4/h6-11,15,20H,12-14H2,1-5H3,(H,25,26). The van der Waals surface area contributed by atoms with Gasteiger partial charge in [0.2, 0.25) is 5.75 Å². The number of methoxy groups -OCH3 is 3. The number of halogens is 1. The zero-order valence-electron chi connectivity index (χ0n) is 18.6. The van der Waals surface area contributed by atoms with E-state index >= 15 is 0 Å². The van der Waals surface area contributed by atoms with Crippen molar-refractivity contribution in [3.05, 3.63) is 53.3 Å². The summed E-state index contributed by atoms with van der Waals surface area (Å²) in [5.41, 5.74) is 1.85. The van der Waals surface area contributed by atoms with Crippen molar-refractivity contribution in [1.82, 2.24) is 10.2 Å². The first-order valence-corrected chi connectivity index (χ1v) is 10.1. The number of benzene rings is 2. The number of hydrogen-bond donors (Lipinski definition) is 1. The lowest BCUT2D eigenvalue weighted by atomic mass is 10.1. The minimum Gasteiger partial charge on any atom is -0.493 e. The first-order valence-electron chi connectivity index (χ1n) is 10.1. The summed E-state index contributed by atoms with van der Waals surface area (Å²) >= 11 is 0. The van der Waals surface area contributed by atoms with Gasteiger partial charge in [-0.3, -0.25) is 4.99 Å². The van der Waals surface area contributed by atoms with E-state index < -0.39 is 0 Å². The SMILES string of the molecule is CN=C(NCc1ccc(OC)c(OC)c1OC)N1CC(C)OC(c2ccc(F)cc2)C1. The van der Waals surface area contributed by atoms with E-state index in [1.165, 1.54) is 12.1 Å². The molecule has 0 bridgehead atoms. The zero-order valence-corrected chi connectivity index (χ0v) is 18.6. The molecule has 1 saturated heterocycles. The average Bonchev–Trinajstić information content (AvgIpc) is 2.78. The minimum atomic E-state index is -0.259. The molecule has 1 aliphatic rings. The largest absolute Gasteiger partial charge is 0.493 e. The predicted octanol–water partition coefficient (Wildman–Crippen LogP) is 3.39. The van der Waals surface area contributed by atoms with E-state index in [1.54, 1.807) is 40.5 Å². The Morgan fingerprint density at radius 3 is 2.39 bits per heavy atom. The quantitative estimate of drug-likeness (QED) is 0.559. The first kappa shape index (κ1) is 22.7. The Bertz CT molecular complexity index is 904. The van der Waals surface area contributed by atoms with Gasteiger partial charge in [0.15, 0.2) is 17.5 Å². The van der Waals surface area contributed by atoms with Crippen molar-refractivity contribution in [2.24, 2.45) is 4.99 Å². The van der Waals surface area contributed by atoms with Crippen LogP contribution in [0.3, 0.4) is 0 Å². The second kappa shape index (κ2) is 10.3. The molecule has 0 saturated carbocycles. The number of nitrogens with zero attached hydrogens (tertiary/aromatic N) is 2. The van der Waals surface area contributed by atoms with Crippen LogP contribution < -0.4 is 19.5 Å². The molecule has 1 fully saturated rings. The summed E-state index contributed by atoms with van der Waals surface area (Å²) in [5, 5.41) is 3.40. The van der Waals surface area contributed by atoms with Gasteiger partial charge in [-0.25, -0.2) is 4.39 Å². The van der Waals surface area contributed by atoms with Gasteiger partial charge in [-0.15, -0.1) is 0 Å². The van der Waals surface area contributed by atoms with Crippen LogP contribution in [0.15, 0.2) is 41.4 Å². The monoisotopic (exact) mass is 431 g/mol. The molecule has 7 nitrogen and oxygen atoms in total. The Labute approximate surface area is 182 Å². The summed E-state index contributed by atoms with van der Waals surface area (Å²) in [6.07, 6.45) is -0.170. The highest BCUT2D eigenvalue weighted by atomic mass is 19.1. The summed E-state index contributed by atoms with van der Waals surface area (Å²) in [4.78, 5) is 6.60. The smallest absolute Gasteiger partial charge is 0.203 e. The van der Waals surface area contributed by atoms with Crippen LogP contribution in [0.5, 0.6) is 17.2 Å². The average molecular weight is 432 g/mol. The molecule has 1 N–H and O–H groups in total. The van der Waals surface area contributed by atoms with Gasteiger partial charge >= 0.3 is 0 Å². The molecule has 0 radical (unpaired) electrons. The van der Waals surface area contributed by atoms with Crippen LogP contribution in [-0.2, 0) is 11.3 Å². The maximum absolute atomic E-state index is 13.3. The van der Waals surface area contributed by atoms with Crippen molar-refractivity contribution in [1.29, 1.82) is 0 Å². The van der Waals surface area contributed by atoms with E-state index in [0.717, 1.165) is 17.1 Å². The van der Waals surface area contributed by atoms with Crippen LogP contribution in [0.4, 0.5) is 4.39 Å². The van der Waals surface area contributed by atoms with Crippen molar-refractivity contribution in [3.8, 4) is 17.2 Å². The Morgan fingerprint density at radius 1 is 1.06 bits per heavy atom. The summed E-state index contributed by atoms with van der Waals surface area (Å²) in [5.74, 6) is 2.27. The molecule has 2 aromatic rings. The molecule has 0 spiro atoms. The number of morpholine rings is 1. The van der Waals surface area contributed by atoms with E-state index in [2.05, 4.69) is 15.2 Å². The van der Waals surface area contributed by atoms with Crippen LogP contribution in [0, 0.1) is 5.82 Å². The number of nitrogens with one attached hydrogen (secondary N) is 1. The van der Waals surface area contributed by atoms with Crippen LogP contribution in [0.25, 0.3) is 0 Å². The molecule has 8 heteroatoms. The number of rotatable bonds is 6. The minimum absolute atomic E-state index is 0.00188. The van der Waals surface area contributed by atoms with Crippen molar-refractivity contribution < 1.29 is 23.3 Å². The van der Waals surface area contributed by atoms with Crippen molar-refractivity contribution in [3.63, 3.8) is 0 Å². The highest BCUT2D eigenvalue weighted by molar-refractivity contribution is 5.80. The molecule has 0 amide bonds. The van der Waals surface area contributed by atoms with Crippen molar-refractivity contribution in [2.75, 3.05) is 41.5 Å². The van der Waals surface area contributed by atoms with Gasteiger partial charge in [0.25, 0.3) is 0 Å². The normalized spacial score (nSPS) is 19.2. The van der Waals surface area contributed by atoms with Crippen LogP contribution in [0.2, 0.25) is 0 Å². The van der Waals surface area contributed by atoms with Gasteiger partial charge < -0.3 is 29.2 Å². The first-order chi connectivity index (χ1) is 15.0. The third kappa shape index (κ3) is 5.19. The van der Waals surface area contributed by atoms with Crippen LogP contribution in [0.1, 0.15) is 24.2 Å². The molecule has 2 aromatic carbocycles. The summed E-state index contributed by atoms with van der Waals surface area (Å²) < 4.78 is 35.8. The molecule has 1 aliphatic heterocycles. The molecule has 168 valence electrons. The third-order valence-corrected chi connectivity index (χ3v) is 5.24. The topological polar surface area (TPSA) is 64.6 Å². The molecule has 2 unspecified atom stereocenters. The molecule has 2 atom stereocenters. The third-order valence-electron chi connectivity index (χ3n) is 5.24. The molecule has 0 aliphatic carbocycles. The Morgan fingerprint density at radius 2 is 1.77 bits per heavy atom. The molecule has 0 aromatic heterocycles. The van der Waals surface area contributed by atoms with Gasteiger partial charge in [-0.1, -0.05) is 12.1 Å². The van der Waals surface area contributed by atoms with Crippen molar-refractivity contribution >= 4 is 5.96 Å². The molecular formula is C23H30FN3O4. The zero-order chi connectivity index (χ0) is 22.4. The number of guanidine groups is 1. The van der Waals surface area contributed by atoms with Crippen LogP contribution in [-0.4, -0.2) is 58.4 Å². The predicted molar refractivity (Wildman–Crippen MR) is 118 cm³/mol. The fourth-order valence-corrected chi connectivity index (χ4v) is 3.79. The van der Waals surface area contributed by atoms with Gasteiger partial charge in [0.05, 0.1) is 34.0 Å². The highest BCUT2D eigenvalue weighted by Crippen LogP contribution is 2.39. The van der Waals surface area contributed by atoms with E-state index in [0.29, 0.717) is 36.9 Å². The maximum Gasteiger partial charge on any atom is 0.203 e. The Kier molecular flexibility index (Phi) is 7.57. The molecular weight excluding hydrogens is 401 g/mol. The molecule has 3 rings (SSSR count). The Hall–Kier alpha value is -3.00. The lowest BCUT2D eigenvalue weighted by Crippen LogP contribution is -2.50. The molecule has 1 heterocycles. The highest BCUT2D eigenvalue weighted by Gasteiger charge is 2.28. The fraction of sp³-hybridized carbons (Fsp3) is 0.435. The van der Waals surface area contributed by atoms with Gasteiger partial charge in [-0.05, 0) is 36.8 Å². The summed E-state index contributed by atoms with van der Waals surface area (Å²) in [6, 6.07) is 10.2. The fourth-order valence-electron chi connectivity index (χ4n) is 3.79. The number of hydrogen-bond acceptors (Lipinski definition) is 5. The van der Waals surface area contributed by atoms with Gasteiger partial charge in [0, 0.05) is 25.7 Å². The number of ether oxygens (including phenoxy) is 4. The maximum atomic E-state index is 13.3. The summed E-state index contributed by atoms with van der Waals surface area (Å²) in [7, 11) is 6.53. The van der Waals surface area contributed by atoms with E-state index in [9.17, 15) is 4.39 Å². The van der Waals surface area contributed by atoms with E-state index in [1.807, 2.05) is 19.1 Å². The summed E-state index contributed by atoms with van der Waals surface area (Å²) in [6.45, 7) is 3.82. The van der Waals surface area contributed by atoms with Gasteiger partial charge in [0.1, 0.15) is 11.9 Å². The van der Waals surface area contributed by atoms with Crippen molar-refractivity contribution in [2.45, 2.75) is 25.7 Å². The van der Waals surface area contributed by atoms with Crippen LogP contribution >= 0.6 is 0 Å². The van der Waals surface area contributed by atoms with Gasteiger partial charge in [-0.2, -0.15) is 0 Å². The Balaban J connectivity index is 1.74. The second-order valence-electron chi connectivity index (χ2n) is 7.29. The lowest BCUT2D eigenvalue weighted by molar-refractivity contribution is -0.0605. The van der Waals surface area contributed by atoms with E-state index in [-0.39, 0.29) is 18.0 Å².